The molecule has 4 nitrogen and oxygen atoms in total. The normalized spacial score (nSPS) is 12.4. The molecule has 0 fully saturated rings. The lowest BCUT2D eigenvalue weighted by atomic mass is 10.0. The first-order chi connectivity index (χ1) is 8.35. The third-order valence-corrected chi connectivity index (χ3v) is 5.16. The van der Waals surface area contributed by atoms with Crippen LogP contribution in [0, 0.1) is 0 Å². The van der Waals surface area contributed by atoms with Crippen LogP contribution >= 0.6 is 0 Å². The Bertz CT molecular complexity index is 477. The first kappa shape index (κ1) is 15.0. The Morgan fingerprint density at radius 1 is 1.22 bits per heavy atom. The number of nitrogens with one attached hydrogen (secondary N) is 1. The van der Waals surface area contributed by atoms with Crippen LogP contribution < -0.4 is 9.46 Å². The molecule has 1 N–H and O–H groups in total. The van der Waals surface area contributed by atoms with Crippen LogP contribution in [0.1, 0.15) is 32.8 Å². The Hall–Kier alpha value is -1.07. The summed E-state index contributed by atoms with van der Waals surface area (Å²) in [7, 11) is -1.80. The van der Waals surface area contributed by atoms with E-state index in [0.717, 1.165) is 12.0 Å². The van der Waals surface area contributed by atoms with E-state index in [1.807, 2.05) is 6.92 Å². The second-order valence-electron chi connectivity index (χ2n) is 4.64. The van der Waals surface area contributed by atoms with E-state index >= 15 is 0 Å². The van der Waals surface area contributed by atoms with E-state index in [4.69, 9.17) is 4.74 Å². The van der Waals surface area contributed by atoms with Gasteiger partial charge in [0.2, 0.25) is 10.0 Å². The van der Waals surface area contributed by atoms with E-state index in [0.29, 0.717) is 12.3 Å². The quantitative estimate of drug-likeness (QED) is 0.863. The molecular weight excluding hydrogens is 250 g/mol. The Morgan fingerprint density at radius 2 is 1.78 bits per heavy atom. The molecule has 18 heavy (non-hydrogen) atoms. The van der Waals surface area contributed by atoms with Crippen molar-refractivity contribution in [3.05, 3.63) is 29.8 Å². The third kappa shape index (κ3) is 3.03. The molecule has 0 atom stereocenters. The third-order valence-electron chi connectivity index (χ3n) is 3.00. The molecule has 0 unspecified atom stereocenters. The molecule has 0 amide bonds. The average Bonchev–Trinajstić information content (AvgIpc) is 2.36. The maximum absolute atomic E-state index is 12.2. The maximum atomic E-state index is 12.2. The van der Waals surface area contributed by atoms with E-state index < -0.39 is 14.8 Å². The molecule has 1 aromatic carbocycles. The van der Waals surface area contributed by atoms with Gasteiger partial charge in [-0.2, -0.15) is 0 Å². The molecule has 0 aliphatic rings. The minimum absolute atomic E-state index is 0.460. The van der Waals surface area contributed by atoms with Crippen molar-refractivity contribution in [3.63, 3.8) is 0 Å². The topological polar surface area (TPSA) is 55.4 Å². The van der Waals surface area contributed by atoms with Gasteiger partial charge in [-0.25, -0.2) is 13.1 Å². The zero-order chi connectivity index (χ0) is 13.8. The first-order valence-corrected chi connectivity index (χ1v) is 7.47. The molecule has 0 saturated heterocycles. The average molecular weight is 271 g/mol. The molecule has 0 heterocycles. The number of hydrogen-bond donors (Lipinski definition) is 1. The largest absolute Gasteiger partial charge is 0.497 e. The fourth-order valence-corrected chi connectivity index (χ4v) is 2.84. The highest BCUT2D eigenvalue weighted by Gasteiger charge is 2.35. The molecule has 0 aliphatic heterocycles. The Morgan fingerprint density at radius 3 is 2.22 bits per heavy atom. The summed E-state index contributed by atoms with van der Waals surface area (Å²) in [4.78, 5) is 0. The lowest BCUT2D eigenvalue weighted by molar-refractivity contribution is 0.414. The van der Waals surface area contributed by atoms with Crippen LogP contribution in [0.4, 0.5) is 0 Å². The van der Waals surface area contributed by atoms with E-state index in [2.05, 4.69) is 4.72 Å². The van der Waals surface area contributed by atoms with Crippen molar-refractivity contribution in [3.8, 4) is 5.75 Å². The lowest BCUT2D eigenvalue weighted by Crippen LogP contribution is -2.39. The van der Waals surface area contributed by atoms with Crippen LogP contribution in [0.15, 0.2) is 24.3 Å². The molecule has 0 saturated carbocycles. The SMILES string of the molecule is CCCNS(=O)(=O)C(C)(C)c1ccc(OC)cc1. The second kappa shape index (κ2) is 5.71. The summed E-state index contributed by atoms with van der Waals surface area (Å²) in [6, 6.07) is 7.10. The van der Waals surface area contributed by atoms with Crippen LogP contribution in [-0.4, -0.2) is 22.1 Å². The van der Waals surface area contributed by atoms with Crippen molar-refractivity contribution in [1.82, 2.24) is 4.72 Å². The smallest absolute Gasteiger partial charge is 0.221 e. The summed E-state index contributed by atoms with van der Waals surface area (Å²) < 4.78 is 31.2. The van der Waals surface area contributed by atoms with Crippen LogP contribution in [0.25, 0.3) is 0 Å². The molecule has 5 heteroatoms. The molecule has 0 spiro atoms. The number of ether oxygens (including phenoxy) is 1. The van der Waals surface area contributed by atoms with Gasteiger partial charge in [0, 0.05) is 6.54 Å². The van der Waals surface area contributed by atoms with Gasteiger partial charge in [0.05, 0.1) is 7.11 Å². The number of rotatable bonds is 6. The van der Waals surface area contributed by atoms with Crippen molar-refractivity contribution in [2.45, 2.75) is 31.9 Å². The van der Waals surface area contributed by atoms with E-state index in [1.54, 1.807) is 45.2 Å². The summed E-state index contributed by atoms with van der Waals surface area (Å²) in [5.74, 6) is 0.716. The van der Waals surface area contributed by atoms with Gasteiger partial charge < -0.3 is 4.74 Å². The minimum Gasteiger partial charge on any atom is -0.497 e. The molecular formula is C13H21NO3S. The zero-order valence-electron chi connectivity index (χ0n) is 11.4. The number of benzene rings is 1. The Labute approximate surface area is 109 Å². The standard InChI is InChI=1S/C13H21NO3S/c1-5-10-14-18(15,16)13(2,3)11-6-8-12(17-4)9-7-11/h6-9,14H,5,10H2,1-4H3. The van der Waals surface area contributed by atoms with Gasteiger partial charge in [-0.15, -0.1) is 0 Å². The minimum atomic E-state index is -3.39. The lowest BCUT2D eigenvalue weighted by Gasteiger charge is -2.25. The van der Waals surface area contributed by atoms with Gasteiger partial charge in [-0.1, -0.05) is 19.1 Å². The van der Waals surface area contributed by atoms with Gasteiger partial charge >= 0.3 is 0 Å². The highest BCUT2D eigenvalue weighted by Crippen LogP contribution is 2.29. The second-order valence-corrected chi connectivity index (χ2v) is 6.95. The van der Waals surface area contributed by atoms with E-state index in [1.165, 1.54) is 0 Å². The van der Waals surface area contributed by atoms with Crippen molar-refractivity contribution >= 4 is 10.0 Å². The van der Waals surface area contributed by atoms with Gasteiger partial charge in [0.25, 0.3) is 0 Å². The van der Waals surface area contributed by atoms with Crippen LogP contribution in [0.2, 0.25) is 0 Å². The summed E-state index contributed by atoms with van der Waals surface area (Å²) in [6.45, 7) is 5.80. The van der Waals surface area contributed by atoms with Crippen molar-refractivity contribution in [1.29, 1.82) is 0 Å². The van der Waals surface area contributed by atoms with E-state index in [9.17, 15) is 8.42 Å². The summed E-state index contributed by atoms with van der Waals surface area (Å²) in [5.41, 5.74) is 0.743. The summed E-state index contributed by atoms with van der Waals surface area (Å²) >= 11 is 0. The Kier molecular flexibility index (Phi) is 4.76. The van der Waals surface area contributed by atoms with E-state index in [-0.39, 0.29) is 0 Å². The summed E-state index contributed by atoms with van der Waals surface area (Å²) in [6.07, 6.45) is 0.776. The predicted molar refractivity (Wildman–Crippen MR) is 73.2 cm³/mol. The van der Waals surface area contributed by atoms with Gasteiger partial charge in [-0.3, -0.25) is 0 Å². The fourth-order valence-electron chi connectivity index (χ4n) is 1.56. The van der Waals surface area contributed by atoms with Crippen molar-refractivity contribution in [2.75, 3.05) is 13.7 Å². The van der Waals surface area contributed by atoms with Crippen molar-refractivity contribution in [2.24, 2.45) is 0 Å². The van der Waals surface area contributed by atoms with Crippen LogP contribution in [0.3, 0.4) is 0 Å². The molecule has 0 radical (unpaired) electrons. The first-order valence-electron chi connectivity index (χ1n) is 5.99. The molecule has 1 rings (SSSR count). The highest BCUT2D eigenvalue weighted by molar-refractivity contribution is 7.90. The number of hydrogen-bond acceptors (Lipinski definition) is 3. The van der Waals surface area contributed by atoms with Gasteiger partial charge in [0.1, 0.15) is 10.5 Å². The molecule has 1 aromatic rings. The maximum Gasteiger partial charge on any atom is 0.221 e. The monoisotopic (exact) mass is 271 g/mol. The molecule has 0 aromatic heterocycles. The molecule has 0 bridgehead atoms. The number of sulfonamides is 1. The fraction of sp³-hybridized carbons (Fsp3) is 0.538. The highest BCUT2D eigenvalue weighted by atomic mass is 32.2. The zero-order valence-corrected chi connectivity index (χ0v) is 12.2. The van der Waals surface area contributed by atoms with Crippen LogP contribution in [-0.2, 0) is 14.8 Å². The molecule has 0 aliphatic carbocycles. The van der Waals surface area contributed by atoms with Gasteiger partial charge in [0.15, 0.2) is 0 Å². The number of methoxy groups -OCH3 is 1. The van der Waals surface area contributed by atoms with Crippen LogP contribution in [0.5, 0.6) is 5.75 Å². The Balaban J connectivity index is 3.03. The van der Waals surface area contributed by atoms with Crippen molar-refractivity contribution < 1.29 is 13.2 Å². The summed E-state index contributed by atoms with van der Waals surface area (Å²) in [5, 5.41) is 0. The predicted octanol–water partition coefficient (Wildman–Crippen LogP) is 2.26. The molecule has 102 valence electrons. The van der Waals surface area contributed by atoms with Gasteiger partial charge in [-0.05, 0) is 38.0 Å².